The molecule has 7 nitrogen and oxygen atoms in total. The highest BCUT2D eigenvalue weighted by Gasteiger charge is 2.22. The van der Waals surface area contributed by atoms with E-state index in [4.69, 9.17) is 4.74 Å². The van der Waals surface area contributed by atoms with E-state index in [1.54, 1.807) is 18.2 Å². The zero-order valence-corrected chi connectivity index (χ0v) is 9.64. The minimum Gasteiger partial charge on any atom is -0.429 e. The molecular formula is C12H8N4O3. The average Bonchev–Trinajstić information content (AvgIpc) is 2.37. The fourth-order valence-electron chi connectivity index (χ4n) is 1.78. The van der Waals surface area contributed by atoms with Crippen LogP contribution in [0.5, 0.6) is 5.75 Å². The van der Waals surface area contributed by atoms with Crippen molar-refractivity contribution in [1.82, 2.24) is 15.3 Å². The number of benzene rings is 1. The van der Waals surface area contributed by atoms with Crippen LogP contribution >= 0.6 is 0 Å². The van der Waals surface area contributed by atoms with Gasteiger partial charge in [0, 0.05) is 6.07 Å². The van der Waals surface area contributed by atoms with Crippen molar-refractivity contribution in [2.45, 2.75) is 0 Å². The number of hydrogen-bond acceptors (Lipinski definition) is 6. The van der Waals surface area contributed by atoms with Gasteiger partial charge in [-0.3, -0.25) is 9.59 Å². The number of nitrogens with one attached hydrogen (secondary N) is 2. The van der Waals surface area contributed by atoms with E-state index in [0.717, 1.165) is 0 Å². The number of carbonyl (C=O) groups excluding carboxylic acids is 2. The second-order valence-electron chi connectivity index (χ2n) is 3.84. The van der Waals surface area contributed by atoms with Gasteiger partial charge in [-0.05, 0) is 12.1 Å². The van der Waals surface area contributed by atoms with E-state index in [9.17, 15) is 9.59 Å². The number of amides is 1. The van der Waals surface area contributed by atoms with E-state index in [-0.39, 0.29) is 11.6 Å². The Kier molecular flexibility index (Phi) is 2.38. The first kappa shape index (κ1) is 11.1. The number of rotatable bonds is 2. The summed E-state index contributed by atoms with van der Waals surface area (Å²) in [5.41, 5.74) is 1.23. The normalized spacial score (nSPS) is 13.5. The molecule has 0 bridgehead atoms. The predicted molar refractivity (Wildman–Crippen MR) is 66.5 cm³/mol. The molecule has 19 heavy (non-hydrogen) atoms. The molecule has 0 unspecified atom stereocenters. The van der Waals surface area contributed by atoms with Crippen LogP contribution in [0.3, 0.4) is 0 Å². The smallest absolute Gasteiger partial charge is 0.298 e. The van der Waals surface area contributed by atoms with Gasteiger partial charge in [0.25, 0.3) is 12.4 Å². The Morgan fingerprint density at radius 3 is 2.84 bits per heavy atom. The lowest BCUT2D eigenvalue weighted by molar-refractivity contribution is -0.120. The molecule has 2 N–H and O–H groups in total. The Hall–Kier alpha value is -2.96. The predicted octanol–water partition coefficient (Wildman–Crippen LogP) is 0.791. The van der Waals surface area contributed by atoms with Crippen LogP contribution < -0.4 is 15.4 Å². The lowest BCUT2D eigenvalue weighted by atomic mass is 10.2. The van der Waals surface area contributed by atoms with Crippen LogP contribution in [0.2, 0.25) is 0 Å². The van der Waals surface area contributed by atoms with Crippen LogP contribution in [0, 0.1) is 0 Å². The standard InChI is InChI=1S/C12H8N4O3/c1-6-13-11-10(12(18)14-6)15-8-3-2-7(19-5-17)4-9(8)16-11/h2-5H,1H2,(H,13,16)(H,14,18). The van der Waals surface area contributed by atoms with Gasteiger partial charge < -0.3 is 15.4 Å². The molecule has 1 aliphatic rings. The highest BCUT2D eigenvalue weighted by molar-refractivity contribution is 6.02. The molecule has 0 saturated heterocycles. The van der Waals surface area contributed by atoms with Gasteiger partial charge in [-0.15, -0.1) is 0 Å². The lowest BCUT2D eigenvalue weighted by Gasteiger charge is -2.18. The second kappa shape index (κ2) is 4.05. The molecule has 1 aliphatic heterocycles. The maximum Gasteiger partial charge on any atom is 0.298 e. The summed E-state index contributed by atoms with van der Waals surface area (Å²) in [6.45, 7) is 3.94. The van der Waals surface area contributed by atoms with Crippen molar-refractivity contribution < 1.29 is 14.3 Å². The van der Waals surface area contributed by atoms with Crippen molar-refractivity contribution in [3.63, 3.8) is 0 Å². The first-order chi connectivity index (χ1) is 9.17. The van der Waals surface area contributed by atoms with E-state index in [1.165, 1.54) is 0 Å². The molecule has 0 radical (unpaired) electrons. The third-order valence-corrected chi connectivity index (χ3v) is 2.57. The number of hydrogen-bond donors (Lipinski definition) is 2. The summed E-state index contributed by atoms with van der Waals surface area (Å²) >= 11 is 0. The highest BCUT2D eigenvalue weighted by atomic mass is 16.5. The van der Waals surface area contributed by atoms with Crippen molar-refractivity contribution in [3.8, 4) is 5.75 Å². The number of anilines is 1. The summed E-state index contributed by atoms with van der Waals surface area (Å²) in [4.78, 5) is 30.5. The molecule has 1 aromatic heterocycles. The first-order valence-electron chi connectivity index (χ1n) is 5.37. The number of aromatic nitrogens is 2. The molecule has 1 aromatic carbocycles. The minimum atomic E-state index is -0.360. The van der Waals surface area contributed by atoms with Gasteiger partial charge in [0.05, 0.1) is 11.0 Å². The molecule has 0 aliphatic carbocycles. The molecule has 3 rings (SSSR count). The quantitative estimate of drug-likeness (QED) is 0.772. The van der Waals surface area contributed by atoms with E-state index in [2.05, 4.69) is 27.2 Å². The monoisotopic (exact) mass is 256 g/mol. The Morgan fingerprint density at radius 2 is 2.05 bits per heavy atom. The summed E-state index contributed by atoms with van der Waals surface area (Å²) < 4.78 is 4.73. The van der Waals surface area contributed by atoms with Crippen molar-refractivity contribution in [2.75, 3.05) is 5.32 Å². The van der Waals surface area contributed by atoms with Crippen molar-refractivity contribution >= 4 is 29.2 Å². The number of nitrogens with zero attached hydrogens (tertiary/aromatic N) is 2. The fourth-order valence-corrected chi connectivity index (χ4v) is 1.78. The fraction of sp³-hybridized carbons (Fsp3) is 0. The molecule has 2 aromatic rings. The Labute approximate surface area is 107 Å². The SMILES string of the molecule is C=C1NC(=O)c2nc3ccc(OC=O)cc3nc2N1. The van der Waals surface area contributed by atoms with Gasteiger partial charge in [-0.2, -0.15) is 0 Å². The number of fused-ring (bicyclic) bond motifs is 2. The summed E-state index contributed by atoms with van der Waals surface area (Å²) in [5.74, 6) is 0.660. The summed E-state index contributed by atoms with van der Waals surface area (Å²) in [7, 11) is 0. The van der Waals surface area contributed by atoms with E-state index in [0.29, 0.717) is 34.9 Å². The molecule has 0 fully saturated rings. The zero-order chi connectivity index (χ0) is 13.4. The topological polar surface area (TPSA) is 93.2 Å². The second-order valence-corrected chi connectivity index (χ2v) is 3.84. The van der Waals surface area contributed by atoms with Gasteiger partial charge in [0.2, 0.25) is 0 Å². The molecular weight excluding hydrogens is 248 g/mol. The van der Waals surface area contributed by atoms with Crippen LogP contribution in [0.15, 0.2) is 30.6 Å². The average molecular weight is 256 g/mol. The highest BCUT2D eigenvalue weighted by Crippen LogP contribution is 2.23. The summed E-state index contributed by atoms with van der Waals surface area (Å²) in [5, 5.41) is 5.34. The van der Waals surface area contributed by atoms with Crippen LogP contribution in [0.25, 0.3) is 11.0 Å². The number of ether oxygens (including phenoxy) is 1. The lowest BCUT2D eigenvalue weighted by Crippen LogP contribution is -2.33. The van der Waals surface area contributed by atoms with Crippen LogP contribution in [0.1, 0.15) is 10.5 Å². The minimum absolute atomic E-state index is 0.198. The Balaban J connectivity index is 2.18. The third kappa shape index (κ3) is 1.86. The summed E-state index contributed by atoms with van der Waals surface area (Å²) in [6, 6.07) is 4.76. The molecule has 2 heterocycles. The maximum atomic E-state index is 11.7. The van der Waals surface area contributed by atoms with E-state index in [1.807, 2.05) is 0 Å². The first-order valence-corrected chi connectivity index (χ1v) is 5.37. The summed E-state index contributed by atoms with van der Waals surface area (Å²) in [6.07, 6.45) is 0. The van der Waals surface area contributed by atoms with E-state index >= 15 is 0 Å². The van der Waals surface area contributed by atoms with Crippen LogP contribution in [0.4, 0.5) is 5.82 Å². The van der Waals surface area contributed by atoms with Crippen molar-refractivity contribution in [1.29, 1.82) is 0 Å². The molecule has 1 amide bonds. The zero-order valence-electron chi connectivity index (χ0n) is 9.64. The van der Waals surface area contributed by atoms with Gasteiger partial charge in [0.15, 0.2) is 11.5 Å². The third-order valence-electron chi connectivity index (χ3n) is 2.57. The van der Waals surface area contributed by atoms with Gasteiger partial charge in [0.1, 0.15) is 11.6 Å². The van der Waals surface area contributed by atoms with Gasteiger partial charge >= 0.3 is 0 Å². The van der Waals surface area contributed by atoms with Crippen LogP contribution in [-0.4, -0.2) is 22.3 Å². The Morgan fingerprint density at radius 1 is 1.21 bits per heavy atom. The molecule has 0 atom stereocenters. The maximum absolute atomic E-state index is 11.7. The van der Waals surface area contributed by atoms with Crippen LogP contribution in [-0.2, 0) is 4.79 Å². The van der Waals surface area contributed by atoms with Gasteiger partial charge in [-0.25, -0.2) is 9.97 Å². The molecule has 94 valence electrons. The van der Waals surface area contributed by atoms with Crippen molar-refractivity contribution in [3.05, 3.63) is 36.3 Å². The molecule has 0 saturated carbocycles. The van der Waals surface area contributed by atoms with Crippen molar-refractivity contribution in [2.24, 2.45) is 0 Å². The largest absolute Gasteiger partial charge is 0.429 e. The Bertz CT molecular complexity index is 726. The van der Waals surface area contributed by atoms with E-state index < -0.39 is 0 Å². The molecule has 0 spiro atoms. The number of carbonyl (C=O) groups is 2. The molecule has 7 heteroatoms. The van der Waals surface area contributed by atoms with Gasteiger partial charge in [-0.1, -0.05) is 6.58 Å².